The Morgan fingerprint density at radius 1 is 1.37 bits per heavy atom. The standard InChI is InChI=1S/C15H19N3S/c1-10-9-19-15(18-10)6-7-17-14-8-13(16)11-4-2-3-5-12(11)14/h2-5,9,13-14,17H,6-8,16H2,1H3. The van der Waals surface area contributed by atoms with Crippen LogP contribution in [0.1, 0.15) is 40.3 Å². The van der Waals surface area contributed by atoms with Crippen LogP contribution in [0, 0.1) is 6.92 Å². The molecule has 3 N–H and O–H groups in total. The summed E-state index contributed by atoms with van der Waals surface area (Å²) in [5.41, 5.74) is 9.95. The van der Waals surface area contributed by atoms with E-state index < -0.39 is 0 Å². The molecule has 2 atom stereocenters. The summed E-state index contributed by atoms with van der Waals surface area (Å²) in [6.45, 7) is 3.00. The van der Waals surface area contributed by atoms with E-state index in [1.807, 2.05) is 6.92 Å². The Morgan fingerprint density at radius 2 is 2.16 bits per heavy atom. The normalized spacial score (nSPS) is 21.6. The van der Waals surface area contributed by atoms with E-state index in [1.54, 1.807) is 11.3 Å². The second-order valence-electron chi connectivity index (χ2n) is 5.11. The van der Waals surface area contributed by atoms with Crippen LogP contribution in [0.4, 0.5) is 0 Å². The largest absolute Gasteiger partial charge is 0.324 e. The summed E-state index contributed by atoms with van der Waals surface area (Å²) < 4.78 is 0. The predicted molar refractivity (Wildman–Crippen MR) is 79.3 cm³/mol. The van der Waals surface area contributed by atoms with Crippen molar-refractivity contribution in [1.29, 1.82) is 0 Å². The molecule has 100 valence electrons. The van der Waals surface area contributed by atoms with Gasteiger partial charge >= 0.3 is 0 Å². The second-order valence-corrected chi connectivity index (χ2v) is 6.05. The van der Waals surface area contributed by atoms with Crippen molar-refractivity contribution >= 4 is 11.3 Å². The number of benzene rings is 1. The Bertz CT molecular complexity index is 564. The van der Waals surface area contributed by atoms with Gasteiger partial charge in [-0.15, -0.1) is 11.3 Å². The molecule has 2 aromatic rings. The predicted octanol–water partition coefficient (Wildman–Crippen LogP) is 2.73. The third kappa shape index (κ3) is 2.71. The maximum Gasteiger partial charge on any atom is 0.0940 e. The molecule has 1 aliphatic carbocycles. The number of aromatic nitrogens is 1. The molecule has 1 heterocycles. The lowest BCUT2D eigenvalue weighted by atomic mass is 10.1. The number of hydrogen-bond acceptors (Lipinski definition) is 4. The van der Waals surface area contributed by atoms with E-state index in [1.165, 1.54) is 16.1 Å². The van der Waals surface area contributed by atoms with Crippen LogP contribution in [0.2, 0.25) is 0 Å². The highest BCUT2D eigenvalue weighted by atomic mass is 32.1. The van der Waals surface area contributed by atoms with Gasteiger partial charge in [0.15, 0.2) is 0 Å². The summed E-state index contributed by atoms with van der Waals surface area (Å²) in [5.74, 6) is 0. The van der Waals surface area contributed by atoms with Crippen LogP contribution >= 0.6 is 11.3 Å². The van der Waals surface area contributed by atoms with E-state index in [0.717, 1.165) is 25.1 Å². The average Bonchev–Trinajstić information content (AvgIpc) is 2.96. The van der Waals surface area contributed by atoms with E-state index in [2.05, 4.69) is 39.9 Å². The van der Waals surface area contributed by atoms with Crippen molar-refractivity contribution in [2.24, 2.45) is 5.73 Å². The number of thiazole rings is 1. The Labute approximate surface area is 117 Å². The Balaban J connectivity index is 1.60. The molecule has 2 unspecified atom stereocenters. The molecular formula is C15H19N3S. The molecule has 0 aliphatic heterocycles. The molecule has 0 bridgehead atoms. The average molecular weight is 273 g/mol. The monoisotopic (exact) mass is 273 g/mol. The van der Waals surface area contributed by atoms with E-state index in [4.69, 9.17) is 5.73 Å². The summed E-state index contributed by atoms with van der Waals surface area (Å²) in [5, 5.41) is 6.93. The lowest BCUT2D eigenvalue weighted by Crippen LogP contribution is -2.22. The first-order chi connectivity index (χ1) is 9.24. The Morgan fingerprint density at radius 3 is 2.89 bits per heavy atom. The zero-order valence-corrected chi connectivity index (χ0v) is 11.9. The van der Waals surface area contributed by atoms with E-state index in [9.17, 15) is 0 Å². The highest BCUT2D eigenvalue weighted by Gasteiger charge is 2.27. The van der Waals surface area contributed by atoms with Gasteiger partial charge in [-0.1, -0.05) is 24.3 Å². The lowest BCUT2D eigenvalue weighted by molar-refractivity contribution is 0.502. The van der Waals surface area contributed by atoms with Gasteiger partial charge in [-0.2, -0.15) is 0 Å². The molecule has 4 heteroatoms. The van der Waals surface area contributed by atoms with Crippen molar-refractivity contribution in [3.8, 4) is 0 Å². The zero-order valence-electron chi connectivity index (χ0n) is 11.1. The Hall–Kier alpha value is -1.23. The highest BCUT2D eigenvalue weighted by Crippen LogP contribution is 2.36. The molecule has 0 amide bonds. The first-order valence-electron chi connectivity index (χ1n) is 6.73. The Kier molecular flexibility index (Phi) is 3.64. The minimum absolute atomic E-state index is 0.177. The van der Waals surface area contributed by atoms with Crippen molar-refractivity contribution in [3.05, 3.63) is 51.5 Å². The maximum atomic E-state index is 6.17. The molecule has 1 aromatic carbocycles. The SMILES string of the molecule is Cc1csc(CCNC2CC(N)c3ccccc32)n1. The third-order valence-corrected chi connectivity index (χ3v) is 4.68. The number of nitrogens with two attached hydrogens (primary N) is 1. The maximum absolute atomic E-state index is 6.17. The summed E-state index contributed by atoms with van der Waals surface area (Å²) in [6.07, 6.45) is 1.99. The number of fused-ring (bicyclic) bond motifs is 1. The van der Waals surface area contributed by atoms with Crippen LogP contribution in [0.25, 0.3) is 0 Å². The van der Waals surface area contributed by atoms with Gasteiger partial charge in [0, 0.05) is 36.1 Å². The molecule has 0 spiro atoms. The molecule has 1 aromatic heterocycles. The van der Waals surface area contributed by atoms with Crippen molar-refractivity contribution in [2.75, 3.05) is 6.54 Å². The molecule has 0 fully saturated rings. The third-order valence-electron chi connectivity index (χ3n) is 3.66. The van der Waals surface area contributed by atoms with Crippen LogP contribution in [0.3, 0.4) is 0 Å². The molecule has 0 saturated heterocycles. The molecule has 1 aliphatic rings. The van der Waals surface area contributed by atoms with E-state index in [0.29, 0.717) is 6.04 Å². The van der Waals surface area contributed by atoms with Crippen molar-refractivity contribution in [2.45, 2.75) is 31.8 Å². The summed E-state index contributed by atoms with van der Waals surface area (Å²) in [4.78, 5) is 4.49. The molecule has 19 heavy (non-hydrogen) atoms. The van der Waals surface area contributed by atoms with Crippen molar-refractivity contribution in [3.63, 3.8) is 0 Å². The van der Waals surface area contributed by atoms with Gasteiger partial charge in [-0.05, 0) is 24.5 Å². The summed E-state index contributed by atoms with van der Waals surface area (Å²) in [7, 11) is 0. The van der Waals surface area contributed by atoms with E-state index >= 15 is 0 Å². The van der Waals surface area contributed by atoms with E-state index in [-0.39, 0.29) is 6.04 Å². The van der Waals surface area contributed by atoms with Crippen LogP contribution in [-0.2, 0) is 6.42 Å². The van der Waals surface area contributed by atoms with Crippen LogP contribution in [-0.4, -0.2) is 11.5 Å². The van der Waals surface area contributed by atoms with Gasteiger partial charge in [0.1, 0.15) is 0 Å². The summed E-state index contributed by atoms with van der Waals surface area (Å²) >= 11 is 1.74. The molecule has 0 saturated carbocycles. The molecule has 3 nitrogen and oxygen atoms in total. The lowest BCUT2D eigenvalue weighted by Gasteiger charge is -2.13. The first kappa shape index (κ1) is 12.8. The topological polar surface area (TPSA) is 50.9 Å². The van der Waals surface area contributed by atoms with Gasteiger partial charge in [0.2, 0.25) is 0 Å². The minimum Gasteiger partial charge on any atom is -0.324 e. The molecule has 0 radical (unpaired) electrons. The van der Waals surface area contributed by atoms with Gasteiger partial charge in [0.25, 0.3) is 0 Å². The number of nitrogens with one attached hydrogen (secondary N) is 1. The number of aryl methyl sites for hydroxylation is 1. The van der Waals surface area contributed by atoms with Crippen LogP contribution < -0.4 is 11.1 Å². The number of hydrogen-bond donors (Lipinski definition) is 2. The van der Waals surface area contributed by atoms with Gasteiger partial charge in [0.05, 0.1) is 5.01 Å². The minimum atomic E-state index is 0.177. The van der Waals surface area contributed by atoms with Crippen LogP contribution in [0.15, 0.2) is 29.6 Å². The fourth-order valence-corrected chi connectivity index (χ4v) is 3.51. The van der Waals surface area contributed by atoms with Gasteiger partial charge < -0.3 is 11.1 Å². The van der Waals surface area contributed by atoms with Gasteiger partial charge in [-0.25, -0.2) is 4.98 Å². The fourth-order valence-electron chi connectivity index (χ4n) is 2.74. The van der Waals surface area contributed by atoms with Crippen molar-refractivity contribution < 1.29 is 0 Å². The fraction of sp³-hybridized carbons (Fsp3) is 0.400. The van der Waals surface area contributed by atoms with Crippen LogP contribution in [0.5, 0.6) is 0 Å². The number of rotatable bonds is 4. The second kappa shape index (κ2) is 5.41. The van der Waals surface area contributed by atoms with Gasteiger partial charge in [-0.3, -0.25) is 0 Å². The smallest absolute Gasteiger partial charge is 0.0940 e. The summed E-state index contributed by atoms with van der Waals surface area (Å²) in [6, 6.07) is 9.07. The molecular weight excluding hydrogens is 254 g/mol. The molecule has 3 rings (SSSR count). The number of nitrogens with zero attached hydrogens (tertiary/aromatic N) is 1. The first-order valence-corrected chi connectivity index (χ1v) is 7.61. The van der Waals surface area contributed by atoms with Crippen molar-refractivity contribution in [1.82, 2.24) is 10.3 Å². The zero-order chi connectivity index (χ0) is 13.2. The quantitative estimate of drug-likeness (QED) is 0.900. The highest BCUT2D eigenvalue weighted by molar-refractivity contribution is 7.09.